The normalized spacial score (nSPS) is 11.8. The maximum Gasteiger partial charge on any atom is 0.416 e. The van der Waals surface area contributed by atoms with Crippen molar-refractivity contribution in [3.05, 3.63) is 75.6 Å². The Labute approximate surface area is 135 Å². The van der Waals surface area contributed by atoms with Crippen molar-refractivity contribution in [2.45, 2.75) is 12.6 Å². The number of halogens is 3. The molecule has 2 aromatic carbocycles. The SMILES string of the molecule is Cn1c(=O)c(Cc2ccc(C(F)(F)F)cc2)c(O)c2ccccc21. The van der Waals surface area contributed by atoms with Gasteiger partial charge in [-0.15, -0.1) is 0 Å². The van der Waals surface area contributed by atoms with E-state index in [1.165, 1.54) is 16.7 Å². The van der Waals surface area contributed by atoms with Gasteiger partial charge in [0, 0.05) is 18.9 Å². The Morgan fingerprint density at radius 3 is 2.29 bits per heavy atom. The Hall–Kier alpha value is -2.76. The van der Waals surface area contributed by atoms with Crippen LogP contribution in [-0.2, 0) is 19.6 Å². The zero-order valence-corrected chi connectivity index (χ0v) is 12.8. The van der Waals surface area contributed by atoms with Gasteiger partial charge in [0.05, 0.1) is 16.6 Å². The Balaban J connectivity index is 2.06. The van der Waals surface area contributed by atoms with E-state index in [9.17, 15) is 23.1 Å². The summed E-state index contributed by atoms with van der Waals surface area (Å²) in [6, 6.07) is 11.5. The number of pyridine rings is 1. The molecule has 0 saturated carbocycles. The van der Waals surface area contributed by atoms with Crippen molar-refractivity contribution < 1.29 is 18.3 Å². The molecule has 0 spiro atoms. The molecule has 0 aliphatic carbocycles. The second kappa shape index (κ2) is 5.70. The molecule has 1 heterocycles. The van der Waals surface area contributed by atoms with Crippen molar-refractivity contribution in [2.24, 2.45) is 7.05 Å². The number of para-hydroxylation sites is 1. The molecule has 3 rings (SSSR count). The first-order valence-corrected chi connectivity index (χ1v) is 7.24. The van der Waals surface area contributed by atoms with Crippen LogP contribution >= 0.6 is 0 Å². The van der Waals surface area contributed by atoms with E-state index < -0.39 is 11.7 Å². The third-order valence-corrected chi connectivity index (χ3v) is 4.03. The van der Waals surface area contributed by atoms with Crippen LogP contribution in [0.5, 0.6) is 5.75 Å². The lowest BCUT2D eigenvalue weighted by molar-refractivity contribution is -0.137. The molecular formula is C18H14F3NO2. The van der Waals surface area contributed by atoms with Crippen molar-refractivity contribution in [1.29, 1.82) is 0 Å². The van der Waals surface area contributed by atoms with Crippen LogP contribution in [0, 0.1) is 0 Å². The Morgan fingerprint density at radius 2 is 1.67 bits per heavy atom. The number of benzene rings is 2. The van der Waals surface area contributed by atoms with E-state index in [0.717, 1.165) is 12.1 Å². The van der Waals surface area contributed by atoms with E-state index in [2.05, 4.69) is 0 Å². The highest BCUT2D eigenvalue weighted by Crippen LogP contribution is 2.30. The summed E-state index contributed by atoms with van der Waals surface area (Å²) < 4.78 is 39.3. The predicted molar refractivity (Wildman–Crippen MR) is 85.1 cm³/mol. The van der Waals surface area contributed by atoms with Gasteiger partial charge >= 0.3 is 6.18 Å². The summed E-state index contributed by atoms with van der Waals surface area (Å²) in [4.78, 5) is 12.5. The highest BCUT2D eigenvalue weighted by Gasteiger charge is 2.30. The van der Waals surface area contributed by atoms with E-state index in [1.807, 2.05) is 0 Å². The van der Waals surface area contributed by atoms with Crippen LogP contribution in [0.15, 0.2) is 53.3 Å². The zero-order valence-electron chi connectivity index (χ0n) is 12.8. The minimum atomic E-state index is -4.40. The van der Waals surface area contributed by atoms with Crippen LogP contribution < -0.4 is 5.56 Å². The van der Waals surface area contributed by atoms with Crippen molar-refractivity contribution in [3.63, 3.8) is 0 Å². The fraction of sp³-hybridized carbons (Fsp3) is 0.167. The third-order valence-electron chi connectivity index (χ3n) is 4.03. The van der Waals surface area contributed by atoms with Gasteiger partial charge in [-0.2, -0.15) is 13.2 Å². The number of fused-ring (bicyclic) bond motifs is 1. The van der Waals surface area contributed by atoms with Crippen molar-refractivity contribution in [1.82, 2.24) is 4.57 Å². The van der Waals surface area contributed by atoms with Crippen LogP contribution in [0.25, 0.3) is 10.9 Å². The number of aromatic nitrogens is 1. The molecule has 124 valence electrons. The monoisotopic (exact) mass is 333 g/mol. The molecule has 6 heteroatoms. The number of alkyl halides is 3. The van der Waals surface area contributed by atoms with Gasteiger partial charge in [-0.05, 0) is 29.8 Å². The Kier molecular flexibility index (Phi) is 3.83. The van der Waals surface area contributed by atoms with E-state index in [0.29, 0.717) is 16.5 Å². The summed E-state index contributed by atoms with van der Waals surface area (Å²) in [7, 11) is 1.60. The minimum Gasteiger partial charge on any atom is -0.507 e. The summed E-state index contributed by atoms with van der Waals surface area (Å²) >= 11 is 0. The lowest BCUT2D eigenvalue weighted by atomic mass is 10.0. The molecule has 0 aliphatic heterocycles. The molecule has 0 saturated heterocycles. The van der Waals surface area contributed by atoms with E-state index in [4.69, 9.17) is 0 Å². The molecule has 0 aliphatic rings. The Morgan fingerprint density at radius 1 is 1.04 bits per heavy atom. The lowest BCUT2D eigenvalue weighted by Gasteiger charge is -2.12. The molecule has 3 aromatic rings. The highest BCUT2D eigenvalue weighted by atomic mass is 19.4. The van der Waals surface area contributed by atoms with E-state index in [1.54, 1.807) is 31.3 Å². The lowest BCUT2D eigenvalue weighted by Crippen LogP contribution is -2.22. The predicted octanol–water partition coefficient (Wildman–Crippen LogP) is 3.85. The number of nitrogens with zero attached hydrogens (tertiary/aromatic N) is 1. The average molecular weight is 333 g/mol. The van der Waals surface area contributed by atoms with Crippen LogP contribution in [-0.4, -0.2) is 9.67 Å². The van der Waals surface area contributed by atoms with Gasteiger partial charge in [-0.25, -0.2) is 0 Å². The number of hydrogen-bond donors (Lipinski definition) is 1. The van der Waals surface area contributed by atoms with Crippen molar-refractivity contribution in [2.75, 3.05) is 0 Å². The molecule has 24 heavy (non-hydrogen) atoms. The standard InChI is InChI=1S/C18H14F3NO2/c1-22-15-5-3-2-4-13(15)16(23)14(17(22)24)10-11-6-8-12(9-7-11)18(19,20)21/h2-9,23H,10H2,1H3. The summed E-state index contributed by atoms with van der Waals surface area (Å²) in [6.07, 6.45) is -4.35. The smallest absolute Gasteiger partial charge is 0.416 e. The minimum absolute atomic E-state index is 0.0570. The number of aryl methyl sites for hydroxylation is 1. The number of aromatic hydroxyl groups is 1. The zero-order chi connectivity index (χ0) is 17.5. The maximum atomic E-state index is 12.6. The molecule has 1 N–H and O–H groups in total. The first-order chi connectivity index (χ1) is 11.3. The molecule has 0 bridgehead atoms. The molecule has 0 unspecified atom stereocenters. The maximum absolute atomic E-state index is 12.6. The fourth-order valence-electron chi connectivity index (χ4n) is 2.72. The second-order valence-electron chi connectivity index (χ2n) is 5.58. The first kappa shape index (κ1) is 16.1. The average Bonchev–Trinajstić information content (AvgIpc) is 2.56. The summed E-state index contributed by atoms with van der Waals surface area (Å²) in [5.41, 5.74) is 0.158. The number of rotatable bonds is 2. The quantitative estimate of drug-likeness (QED) is 0.774. The molecule has 0 radical (unpaired) electrons. The van der Waals surface area contributed by atoms with Gasteiger partial charge in [0.15, 0.2) is 0 Å². The highest BCUT2D eigenvalue weighted by molar-refractivity contribution is 5.86. The molecular weight excluding hydrogens is 319 g/mol. The van der Waals surface area contributed by atoms with E-state index in [-0.39, 0.29) is 23.3 Å². The molecule has 0 fully saturated rings. The fourth-order valence-corrected chi connectivity index (χ4v) is 2.72. The van der Waals surface area contributed by atoms with Gasteiger partial charge < -0.3 is 9.67 Å². The summed E-state index contributed by atoms with van der Waals surface area (Å²) in [6.45, 7) is 0. The van der Waals surface area contributed by atoms with Gasteiger partial charge in [0.25, 0.3) is 5.56 Å². The number of hydrogen-bond acceptors (Lipinski definition) is 2. The van der Waals surface area contributed by atoms with E-state index >= 15 is 0 Å². The largest absolute Gasteiger partial charge is 0.507 e. The van der Waals surface area contributed by atoms with Gasteiger partial charge in [-0.1, -0.05) is 24.3 Å². The van der Waals surface area contributed by atoms with Crippen molar-refractivity contribution in [3.8, 4) is 5.75 Å². The molecule has 0 amide bonds. The second-order valence-corrected chi connectivity index (χ2v) is 5.58. The first-order valence-electron chi connectivity index (χ1n) is 7.24. The van der Waals surface area contributed by atoms with Crippen molar-refractivity contribution >= 4 is 10.9 Å². The van der Waals surface area contributed by atoms with Crippen LogP contribution in [0.2, 0.25) is 0 Å². The summed E-state index contributed by atoms with van der Waals surface area (Å²) in [5.74, 6) is -0.131. The van der Waals surface area contributed by atoms with Crippen LogP contribution in [0.1, 0.15) is 16.7 Å². The third kappa shape index (κ3) is 2.75. The molecule has 0 atom stereocenters. The molecule has 3 nitrogen and oxygen atoms in total. The van der Waals surface area contributed by atoms with Crippen LogP contribution in [0.3, 0.4) is 0 Å². The van der Waals surface area contributed by atoms with Crippen LogP contribution in [0.4, 0.5) is 13.2 Å². The summed E-state index contributed by atoms with van der Waals surface area (Å²) in [5, 5.41) is 10.9. The topological polar surface area (TPSA) is 42.2 Å². The van der Waals surface area contributed by atoms with Gasteiger partial charge in [-0.3, -0.25) is 4.79 Å². The van der Waals surface area contributed by atoms with Gasteiger partial charge in [0.2, 0.25) is 0 Å². The van der Waals surface area contributed by atoms with Gasteiger partial charge in [0.1, 0.15) is 5.75 Å². The Bertz CT molecular complexity index is 957. The molecule has 1 aromatic heterocycles.